The average Bonchev–Trinajstić information content (AvgIpc) is 2.29. The van der Waals surface area contributed by atoms with Gasteiger partial charge in [0.1, 0.15) is 11.5 Å². The van der Waals surface area contributed by atoms with E-state index in [1.807, 2.05) is 36.4 Å². The van der Waals surface area contributed by atoms with Gasteiger partial charge in [0.15, 0.2) is 0 Å². The monoisotopic (exact) mass is 200 g/mol. The van der Waals surface area contributed by atoms with Crippen LogP contribution in [0.3, 0.4) is 0 Å². The van der Waals surface area contributed by atoms with E-state index >= 15 is 0 Å². The van der Waals surface area contributed by atoms with Crippen LogP contribution < -0.4 is 9.31 Å². The molecule has 0 radical (unpaired) electrons. The quantitative estimate of drug-likeness (QED) is 0.660. The first-order valence-electron chi connectivity index (χ1n) is 4.76. The zero-order valence-corrected chi connectivity index (χ0v) is 8.27. The van der Waals surface area contributed by atoms with Crippen LogP contribution in [0.1, 0.15) is 0 Å². The Morgan fingerprint density at radius 2 is 1.60 bits per heavy atom. The van der Waals surface area contributed by atoms with Crippen LogP contribution in [0.25, 0.3) is 10.8 Å². The first kappa shape index (κ1) is 8.62. The molecule has 0 saturated carbocycles. The molecule has 0 aromatic heterocycles. The number of benzene rings is 2. The Morgan fingerprint density at radius 1 is 1.00 bits per heavy atom. The molecule has 0 bridgehead atoms. The second-order valence-electron chi connectivity index (χ2n) is 3.37. The van der Waals surface area contributed by atoms with Crippen LogP contribution in [0.2, 0.25) is 0 Å². The molecule has 2 aromatic rings. The fourth-order valence-electron chi connectivity index (χ4n) is 1.80. The largest absolute Gasteiger partial charge is 0.787 e. The molecule has 0 fully saturated rings. The van der Waals surface area contributed by atoms with E-state index in [4.69, 9.17) is 14.0 Å². The van der Waals surface area contributed by atoms with E-state index in [-0.39, 0.29) is 0 Å². The van der Waals surface area contributed by atoms with Crippen molar-refractivity contribution in [1.29, 1.82) is 0 Å². The Kier molecular flexibility index (Phi) is 1.82. The minimum atomic E-state index is -0.648. The summed E-state index contributed by atoms with van der Waals surface area (Å²) >= 11 is 0. The summed E-state index contributed by atoms with van der Waals surface area (Å²) in [5.74, 6) is 1.61. The Labute approximate surface area is 87.7 Å². The van der Waals surface area contributed by atoms with Crippen molar-refractivity contribution in [3.05, 3.63) is 36.4 Å². The lowest BCUT2D eigenvalue weighted by atomic mass is 10.0. The van der Waals surface area contributed by atoms with Gasteiger partial charge in [-0.2, -0.15) is 0 Å². The molecule has 0 aliphatic carbocycles. The fraction of sp³-hybridized carbons (Fsp3) is 0.0909. The van der Waals surface area contributed by atoms with E-state index in [9.17, 15) is 0 Å². The highest BCUT2D eigenvalue weighted by molar-refractivity contribution is 6.40. The maximum Gasteiger partial charge on any atom is 0.787 e. The Morgan fingerprint density at radius 3 is 2.13 bits per heavy atom. The van der Waals surface area contributed by atoms with Crippen LogP contribution >= 0.6 is 0 Å². The second kappa shape index (κ2) is 3.17. The molecule has 3 rings (SSSR count). The lowest BCUT2D eigenvalue weighted by molar-refractivity contribution is 0.242. The number of rotatable bonds is 1. The van der Waals surface area contributed by atoms with Crippen molar-refractivity contribution in [3.63, 3.8) is 0 Å². The first-order valence-corrected chi connectivity index (χ1v) is 4.76. The van der Waals surface area contributed by atoms with E-state index in [1.54, 1.807) is 7.11 Å². The third-order valence-corrected chi connectivity index (χ3v) is 2.47. The molecule has 0 saturated heterocycles. The van der Waals surface area contributed by atoms with Crippen molar-refractivity contribution >= 4 is 18.1 Å². The zero-order valence-electron chi connectivity index (χ0n) is 8.27. The van der Waals surface area contributed by atoms with Gasteiger partial charge in [-0.05, 0) is 17.5 Å². The van der Waals surface area contributed by atoms with Gasteiger partial charge >= 0.3 is 7.32 Å². The molecule has 0 N–H and O–H groups in total. The minimum Gasteiger partial charge on any atom is -0.500 e. The van der Waals surface area contributed by atoms with Crippen LogP contribution in [0.15, 0.2) is 36.4 Å². The molecule has 0 unspecified atom stereocenters. The lowest BCUT2D eigenvalue weighted by Crippen LogP contribution is -2.34. The SMILES string of the molecule is COB1Oc2cccc3cccc(c23)O1. The minimum absolute atomic E-state index is 0.648. The van der Waals surface area contributed by atoms with Crippen molar-refractivity contribution in [2.75, 3.05) is 7.11 Å². The summed E-state index contributed by atoms with van der Waals surface area (Å²) in [6, 6.07) is 11.8. The predicted molar refractivity (Wildman–Crippen MR) is 58.0 cm³/mol. The van der Waals surface area contributed by atoms with Gasteiger partial charge in [0, 0.05) is 7.11 Å². The molecule has 0 atom stereocenters. The average molecular weight is 200 g/mol. The molecule has 2 aromatic carbocycles. The second-order valence-corrected chi connectivity index (χ2v) is 3.37. The normalized spacial score (nSPS) is 13.5. The van der Waals surface area contributed by atoms with Gasteiger partial charge in [-0.25, -0.2) is 0 Å². The van der Waals surface area contributed by atoms with Crippen molar-refractivity contribution in [2.45, 2.75) is 0 Å². The topological polar surface area (TPSA) is 27.7 Å². The number of hydrogen-bond donors (Lipinski definition) is 0. The first-order chi connectivity index (χ1) is 7.38. The summed E-state index contributed by atoms with van der Waals surface area (Å²) < 4.78 is 16.1. The molecule has 1 heterocycles. The smallest absolute Gasteiger partial charge is 0.500 e. The van der Waals surface area contributed by atoms with E-state index in [0.29, 0.717) is 0 Å². The molecular weight excluding hydrogens is 191 g/mol. The highest BCUT2D eigenvalue weighted by Gasteiger charge is 2.31. The molecule has 0 spiro atoms. The van der Waals surface area contributed by atoms with Gasteiger partial charge in [0.05, 0.1) is 5.39 Å². The molecule has 1 aliphatic heterocycles. The summed E-state index contributed by atoms with van der Waals surface area (Å²) in [7, 11) is 0.907. The zero-order chi connectivity index (χ0) is 10.3. The third-order valence-electron chi connectivity index (χ3n) is 2.47. The van der Waals surface area contributed by atoms with Crippen LogP contribution in [0.5, 0.6) is 11.5 Å². The molecule has 1 aliphatic rings. The number of hydrogen-bond acceptors (Lipinski definition) is 3. The van der Waals surface area contributed by atoms with Gasteiger partial charge in [0.25, 0.3) is 0 Å². The maximum atomic E-state index is 5.51. The van der Waals surface area contributed by atoms with E-state index in [1.165, 1.54) is 0 Å². The van der Waals surface area contributed by atoms with Crippen LogP contribution in [0.4, 0.5) is 0 Å². The summed E-state index contributed by atoms with van der Waals surface area (Å²) in [4.78, 5) is 0. The maximum absolute atomic E-state index is 5.51. The van der Waals surface area contributed by atoms with Gasteiger partial charge in [-0.1, -0.05) is 24.3 Å². The van der Waals surface area contributed by atoms with Crippen LogP contribution in [0, 0.1) is 0 Å². The van der Waals surface area contributed by atoms with Crippen LogP contribution in [-0.2, 0) is 4.65 Å². The lowest BCUT2D eigenvalue weighted by Gasteiger charge is -2.22. The van der Waals surface area contributed by atoms with Crippen LogP contribution in [-0.4, -0.2) is 14.4 Å². The van der Waals surface area contributed by atoms with Gasteiger partial charge in [0.2, 0.25) is 0 Å². The van der Waals surface area contributed by atoms with Crippen molar-refractivity contribution in [1.82, 2.24) is 0 Å². The molecule has 4 heteroatoms. The molecule has 3 nitrogen and oxygen atoms in total. The standard InChI is InChI=1S/C11H9BO3/c1-13-12-14-9-6-2-4-8-5-3-7-10(15-12)11(8)9/h2-7H,1H3. The summed E-state index contributed by atoms with van der Waals surface area (Å²) in [5, 5.41) is 2.12. The molecule has 15 heavy (non-hydrogen) atoms. The molecule has 74 valence electrons. The third kappa shape index (κ3) is 1.26. The summed E-state index contributed by atoms with van der Waals surface area (Å²) in [5.41, 5.74) is 0. The van der Waals surface area contributed by atoms with Crippen molar-refractivity contribution in [2.24, 2.45) is 0 Å². The van der Waals surface area contributed by atoms with Gasteiger partial charge < -0.3 is 14.0 Å². The van der Waals surface area contributed by atoms with Crippen molar-refractivity contribution in [3.8, 4) is 11.5 Å². The highest BCUT2D eigenvalue weighted by Crippen LogP contribution is 2.37. The predicted octanol–water partition coefficient (Wildman–Crippen LogP) is 2.24. The Bertz CT molecular complexity index is 471. The van der Waals surface area contributed by atoms with E-state index < -0.39 is 7.32 Å². The summed E-state index contributed by atoms with van der Waals surface area (Å²) in [6.45, 7) is 0. The van der Waals surface area contributed by atoms with Gasteiger partial charge in [-0.3, -0.25) is 0 Å². The highest BCUT2D eigenvalue weighted by atomic mass is 16.7. The van der Waals surface area contributed by atoms with Gasteiger partial charge in [-0.15, -0.1) is 0 Å². The Balaban J connectivity index is 2.27. The molecule has 0 amide bonds. The van der Waals surface area contributed by atoms with Crippen molar-refractivity contribution < 1.29 is 14.0 Å². The fourth-order valence-corrected chi connectivity index (χ4v) is 1.80. The van der Waals surface area contributed by atoms with E-state index in [0.717, 1.165) is 22.3 Å². The summed E-state index contributed by atoms with van der Waals surface area (Å²) in [6.07, 6.45) is 0. The molecular formula is C11H9BO3. The van der Waals surface area contributed by atoms with E-state index in [2.05, 4.69) is 0 Å². The Hall–Kier alpha value is -1.68.